The van der Waals surface area contributed by atoms with Crippen molar-refractivity contribution in [2.75, 3.05) is 19.6 Å². The van der Waals surface area contributed by atoms with Gasteiger partial charge in [0.05, 0.1) is 17.6 Å². The van der Waals surface area contributed by atoms with E-state index in [4.69, 9.17) is 4.74 Å². The first kappa shape index (κ1) is 16.3. The van der Waals surface area contributed by atoms with Crippen molar-refractivity contribution in [2.45, 2.75) is 33.4 Å². The number of nitrogens with zero attached hydrogens (tertiary/aromatic N) is 3. The number of hydrogen-bond acceptors (Lipinski definition) is 4. The minimum atomic E-state index is -0.646. The van der Waals surface area contributed by atoms with Crippen molar-refractivity contribution in [3.05, 3.63) is 24.0 Å². The third-order valence-corrected chi connectivity index (χ3v) is 4.24. The molecule has 1 aromatic heterocycles. The molecule has 2 aromatic rings. The number of carbonyl (C=O) groups excluding carboxylic acids is 2. The first-order valence-electron chi connectivity index (χ1n) is 8.18. The number of benzene rings is 1. The highest BCUT2D eigenvalue weighted by Gasteiger charge is 2.26. The number of carbonyl (C=O) groups is 2. The molecule has 128 valence electrons. The van der Waals surface area contributed by atoms with E-state index in [1.165, 1.54) is 4.90 Å². The molecular weight excluding hydrogens is 308 g/mol. The van der Waals surface area contributed by atoms with E-state index < -0.39 is 6.10 Å². The lowest BCUT2D eigenvalue weighted by atomic mass is 10.2. The number of ether oxygens (including phenoxy) is 1. The second-order valence-electron chi connectivity index (χ2n) is 5.92. The highest BCUT2D eigenvalue weighted by molar-refractivity contribution is 5.88. The van der Waals surface area contributed by atoms with Gasteiger partial charge in [-0.25, -0.2) is 4.98 Å². The molecule has 7 heteroatoms. The standard InChI is InChI=1S/C17H22N4O3/c1-4-21-12(3)19-14-6-5-13(9-15(14)21)24-11(2)17(23)20-8-7-18-16(22)10-20/h5-6,9,11H,4,7-8,10H2,1-3H3,(H,18,22)/t11-/m1/s1. The Balaban J connectivity index is 1.76. The number of aromatic nitrogens is 2. The van der Waals surface area contributed by atoms with Crippen LogP contribution < -0.4 is 10.1 Å². The van der Waals surface area contributed by atoms with Crippen LogP contribution in [0.5, 0.6) is 5.75 Å². The monoisotopic (exact) mass is 330 g/mol. The molecule has 24 heavy (non-hydrogen) atoms. The third kappa shape index (κ3) is 3.06. The Morgan fingerprint density at radius 3 is 2.96 bits per heavy atom. The van der Waals surface area contributed by atoms with E-state index in [0.29, 0.717) is 18.8 Å². The summed E-state index contributed by atoms with van der Waals surface area (Å²) in [4.78, 5) is 29.9. The molecule has 0 spiro atoms. The fourth-order valence-electron chi connectivity index (χ4n) is 3.03. The van der Waals surface area contributed by atoms with E-state index in [1.54, 1.807) is 6.92 Å². The van der Waals surface area contributed by atoms with Gasteiger partial charge in [0.1, 0.15) is 11.6 Å². The molecule has 7 nitrogen and oxygen atoms in total. The number of aryl methyl sites for hydroxylation is 2. The zero-order chi connectivity index (χ0) is 17.3. The molecule has 0 bridgehead atoms. The number of imidazole rings is 1. The van der Waals surface area contributed by atoms with E-state index >= 15 is 0 Å². The Labute approximate surface area is 140 Å². The Morgan fingerprint density at radius 2 is 2.25 bits per heavy atom. The molecule has 2 amide bonds. The first-order chi connectivity index (χ1) is 11.5. The lowest BCUT2D eigenvalue weighted by molar-refractivity contribution is -0.143. The highest BCUT2D eigenvalue weighted by Crippen LogP contribution is 2.23. The van der Waals surface area contributed by atoms with Crippen molar-refractivity contribution in [3.8, 4) is 5.75 Å². The summed E-state index contributed by atoms with van der Waals surface area (Å²) in [6, 6.07) is 5.63. The molecule has 0 aliphatic carbocycles. The van der Waals surface area contributed by atoms with Gasteiger partial charge in [0.15, 0.2) is 6.10 Å². The average Bonchev–Trinajstić information content (AvgIpc) is 2.88. The van der Waals surface area contributed by atoms with E-state index in [1.807, 2.05) is 25.1 Å². The Morgan fingerprint density at radius 1 is 1.46 bits per heavy atom. The lowest BCUT2D eigenvalue weighted by Crippen LogP contribution is -2.53. The summed E-state index contributed by atoms with van der Waals surface area (Å²) in [6.07, 6.45) is -0.646. The van der Waals surface area contributed by atoms with Crippen molar-refractivity contribution < 1.29 is 14.3 Å². The summed E-state index contributed by atoms with van der Waals surface area (Å²) >= 11 is 0. The predicted octanol–water partition coefficient (Wildman–Crippen LogP) is 1.09. The van der Waals surface area contributed by atoms with Crippen molar-refractivity contribution in [1.82, 2.24) is 19.8 Å². The second-order valence-corrected chi connectivity index (χ2v) is 5.92. The number of amides is 2. The maximum absolute atomic E-state index is 12.4. The van der Waals surface area contributed by atoms with Gasteiger partial charge in [-0.05, 0) is 32.9 Å². The van der Waals surface area contributed by atoms with Gasteiger partial charge < -0.3 is 19.5 Å². The molecule has 1 aliphatic heterocycles. The topological polar surface area (TPSA) is 76.5 Å². The number of piperazine rings is 1. The van der Waals surface area contributed by atoms with Crippen molar-refractivity contribution in [1.29, 1.82) is 0 Å². The molecular formula is C17H22N4O3. The van der Waals surface area contributed by atoms with Gasteiger partial charge in [0, 0.05) is 25.7 Å². The fraction of sp³-hybridized carbons (Fsp3) is 0.471. The Kier molecular flexibility index (Phi) is 4.42. The number of fused-ring (bicyclic) bond motifs is 1. The van der Waals surface area contributed by atoms with Crippen molar-refractivity contribution >= 4 is 22.8 Å². The third-order valence-electron chi connectivity index (χ3n) is 4.24. The van der Waals surface area contributed by atoms with Crippen molar-refractivity contribution in [3.63, 3.8) is 0 Å². The molecule has 1 atom stereocenters. The van der Waals surface area contributed by atoms with Gasteiger partial charge in [-0.15, -0.1) is 0 Å². The van der Waals surface area contributed by atoms with E-state index in [-0.39, 0.29) is 18.4 Å². The zero-order valence-electron chi connectivity index (χ0n) is 14.2. The van der Waals surface area contributed by atoms with Gasteiger partial charge in [0.2, 0.25) is 5.91 Å². The van der Waals surface area contributed by atoms with Gasteiger partial charge >= 0.3 is 0 Å². The van der Waals surface area contributed by atoms with Crippen LogP contribution in [0.25, 0.3) is 11.0 Å². The normalized spacial score (nSPS) is 16.1. The molecule has 1 aromatic carbocycles. The quantitative estimate of drug-likeness (QED) is 0.910. The summed E-state index contributed by atoms with van der Waals surface area (Å²) < 4.78 is 7.92. The van der Waals surface area contributed by atoms with Gasteiger partial charge in [-0.2, -0.15) is 0 Å². The van der Waals surface area contributed by atoms with Crippen molar-refractivity contribution in [2.24, 2.45) is 0 Å². The summed E-state index contributed by atoms with van der Waals surface area (Å²) in [5.41, 5.74) is 1.90. The summed E-state index contributed by atoms with van der Waals surface area (Å²) in [7, 11) is 0. The van der Waals surface area contributed by atoms with E-state index in [9.17, 15) is 9.59 Å². The molecule has 0 unspecified atom stereocenters. The summed E-state index contributed by atoms with van der Waals surface area (Å²) in [6.45, 7) is 7.65. The van der Waals surface area contributed by atoms with Crippen LogP contribution in [0.3, 0.4) is 0 Å². The van der Waals surface area contributed by atoms with E-state index in [0.717, 1.165) is 23.4 Å². The molecule has 1 saturated heterocycles. The highest BCUT2D eigenvalue weighted by atomic mass is 16.5. The average molecular weight is 330 g/mol. The summed E-state index contributed by atoms with van der Waals surface area (Å²) in [5, 5.41) is 2.71. The second kappa shape index (κ2) is 6.51. The molecule has 0 saturated carbocycles. The van der Waals surface area contributed by atoms with Crippen LogP contribution in [-0.4, -0.2) is 52.0 Å². The number of hydrogen-bond donors (Lipinski definition) is 1. The van der Waals surface area contributed by atoms with E-state index in [2.05, 4.69) is 21.8 Å². The smallest absolute Gasteiger partial charge is 0.263 e. The predicted molar refractivity (Wildman–Crippen MR) is 89.8 cm³/mol. The Bertz CT molecular complexity index is 783. The van der Waals surface area contributed by atoms with Gasteiger partial charge in [-0.1, -0.05) is 0 Å². The molecule has 0 radical (unpaired) electrons. The molecule has 1 N–H and O–H groups in total. The van der Waals surface area contributed by atoms with Crippen LogP contribution in [0.1, 0.15) is 19.7 Å². The lowest BCUT2D eigenvalue weighted by Gasteiger charge is -2.29. The van der Waals surface area contributed by atoms with Crippen LogP contribution in [0.4, 0.5) is 0 Å². The van der Waals surface area contributed by atoms with Crippen LogP contribution >= 0.6 is 0 Å². The molecule has 1 aliphatic rings. The Hall–Kier alpha value is -2.57. The van der Waals surface area contributed by atoms with Crippen LogP contribution in [0.15, 0.2) is 18.2 Å². The molecule has 3 rings (SSSR count). The zero-order valence-corrected chi connectivity index (χ0v) is 14.2. The molecule has 2 heterocycles. The SMILES string of the molecule is CCn1c(C)nc2ccc(O[C@H](C)C(=O)N3CCNC(=O)C3)cc21. The number of nitrogens with one attached hydrogen (secondary N) is 1. The first-order valence-corrected chi connectivity index (χ1v) is 8.18. The minimum Gasteiger partial charge on any atom is -0.481 e. The minimum absolute atomic E-state index is 0.0906. The summed E-state index contributed by atoms with van der Waals surface area (Å²) in [5.74, 6) is 1.27. The largest absolute Gasteiger partial charge is 0.481 e. The fourth-order valence-corrected chi connectivity index (χ4v) is 3.03. The van der Waals surface area contributed by atoms with Crippen LogP contribution in [0.2, 0.25) is 0 Å². The number of rotatable bonds is 4. The van der Waals surface area contributed by atoms with Gasteiger partial charge in [0.25, 0.3) is 5.91 Å². The van der Waals surface area contributed by atoms with Crippen LogP contribution in [0, 0.1) is 6.92 Å². The molecule has 1 fully saturated rings. The van der Waals surface area contributed by atoms with Gasteiger partial charge in [-0.3, -0.25) is 9.59 Å². The maximum Gasteiger partial charge on any atom is 0.263 e. The van der Waals surface area contributed by atoms with Crippen LogP contribution in [-0.2, 0) is 16.1 Å². The maximum atomic E-state index is 12.4.